The number of phenolic OH excluding ortho intramolecular Hbond substituents is 1. The largest absolute Gasteiger partial charge is 0.506 e. The van der Waals surface area contributed by atoms with Crippen LogP contribution in [0, 0.1) is 0 Å². The highest BCUT2D eigenvalue weighted by molar-refractivity contribution is 6.02. The Morgan fingerprint density at radius 1 is 0.923 bits per heavy atom. The third-order valence-corrected chi connectivity index (χ3v) is 3.72. The van der Waals surface area contributed by atoms with Crippen LogP contribution in [0.5, 0.6) is 11.5 Å². The lowest BCUT2D eigenvalue weighted by atomic mass is 10.2. The fourth-order valence-electron chi connectivity index (χ4n) is 2.34. The third kappa shape index (κ3) is 4.98. The van der Waals surface area contributed by atoms with Crippen LogP contribution < -0.4 is 10.1 Å². The van der Waals surface area contributed by atoms with E-state index in [9.17, 15) is 9.90 Å². The quantitative estimate of drug-likeness (QED) is 0.506. The van der Waals surface area contributed by atoms with Crippen molar-refractivity contribution in [2.45, 2.75) is 6.61 Å². The van der Waals surface area contributed by atoms with Crippen LogP contribution in [-0.2, 0) is 11.4 Å². The predicted molar refractivity (Wildman–Crippen MR) is 103 cm³/mol. The highest BCUT2D eigenvalue weighted by Gasteiger charge is 2.02. The smallest absolute Gasteiger partial charge is 0.248 e. The molecule has 0 bridgehead atoms. The molecular formula is C22H19NO3. The molecule has 3 rings (SSSR count). The maximum absolute atomic E-state index is 11.9. The van der Waals surface area contributed by atoms with E-state index in [1.54, 1.807) is 24.3 Å². The summed E-state index contributed by atoms with van der Waals surface area (Å²) in [6, 6.07) is 24.0. The van der Waals surface area contributed by atoms with Crippen molar-refractivity contribution in [3.8, 4) is 11.5 Å². The average Bonchev–Trinajstić information content (AvgIpc) is 2.68. The second-order valence-electron chi connectivity index (χ2n) is 5.68. The summed E-state index contributed by atoms with van der Waals surface area (Å²) in [5, 5.41) is 12.3. The van der Waals surface area contributed by atoms with E-state index >= 15 is 0 Å². The Balaban J connectivity index is 1.54. The van der Waals surface area contributed by atoms with Gasteiger partial charge in [0.05, 0.1) is 5.69 Å². The van der Waals surface area contributed by atoms with Gasteiger partial charge in [0.15, 0.2) is 0 Å². The molecule has 0 aliphatic heterocycles. The van der Waals surface area contributed by atoms with Crippen molar-refractivity contribution in [1.82, 2.24) is 0 Å². The second-order valence-corrected chi connectivity index (χ2v) is 5.68. The minimum atomic E-state index is -0.309. The zero-order valence-electron chi connectivity index (χ0n) is 14.1. The van der Waals surface area contributed by atoms with Crippen LogP contribution in [0.2, 0.25) is 0 Å². The van der Waals surface area contributed by atoms with Crippen molar-refractivity contribution in [3.05, 3.63) is 96.1 Å². The van der Waals surface area contributed by atoms with Crippen molar-refractivity contribution in [3.63, 3.8) is 0 Å². The van der Waals surface area contributed by atoms with Crippen LogP contribution in [0.3, 0.4) is 0 Å². The highest BCUT2D eigenvalue weighted by Crippen LogP contribution is 2.21. The van der Waals surface area contributed by atoms with Gasteiger partial charge in [0.25, 0.3) is 0 Å². The molecule has 2 N–H and O–H groups in total. The molecule has 3 aromatic carbocycles. The molecule has 26 heavy (non-hydrogen) atoms. The molecule has 0 aromatic heterocycles. The maximum Gasteiger partial charge on any atom is 0.248 e. The molecule has 4 heteroatoms. The summed E-state index contributed by atoms with van der Waals surface area (Å²) in [6.45, 7) is 0.513. The van der Waals surface area contributed by atoms with Gasteiger partial charge in [0.2, 0.25) is 5.91 Å². The molecule has 0 heterocycles. The number of nitrogens with one attached hydrogen (secondary N) is 1. The summed E-state index contributed by atoms with van der Waals surface area (Å²) < 4.78 is 5.73. The normalized spacial score (nSPS) is 10.6. The summed E-state index contributed by atoms with van der Waals surface area (Å²) >= 11 is 0. The molecule has 0 aliphatic carbocycles. The molecule has 3 aromatic rings. The van der Waals surface area contributed by atoms with E-state index in [0.29, 0.717) is 12.3 Å². The van der Waals surface area contributed by atoms with E-state index in [4.69, 9.17) is 4.74 Å². The minimum Gasteiger partial charge on any atom is -0.506 e. The number of rotatable bonds is 6. The number of hydrogen-bond acceptors (Lipinski definition) is 3. The molecule has 0 spiro atoms. The number of hydrogen-bond donors (Lipinski definition) is 2. The van der Waals surface area contributed by atoms with Gasteiger partial charge in [-0.25, -0.2) is 0 Å². The van der Waals surface area contributed by atoms with E-state index in [-0.39, 0.29) is 11.7 Å². The molecule has 0 unspecified atom stereocenters. The summed E-state index contributed by atoms with van der Waals surface area (Å²) in [5.74, 6) is 0.495. The van der Waals surface area contributed by atoms with Crippen molar-refractivity contribution in [2.24, 2.45) is 0 Å². The van der Waals surface area contributed by atoms with Gasteiger partial charge in [0.1, 0.15) is 18.1 Å². The van der Waals surface area contributed by atoms with Crippen LogP contribution >= 0.6 is 0 Å². The zero-order chi connectivity index (χ0) is 18.2. The topological polar surface area (TPSA) is 58.6 Å². The van der Waals surface area contributed by atoms with Crippen molar-refractivity contribution >= 4 is 17.7 Å². The Morgan fingerprint density at radius 2 is 1.62 bits per heavy atom. The van der Waals surface area contributed by atoms with Gasteiger partial charge in [-0.15, -0.1) is 0 Å². The molecule has 1 amide bonds. The molecule has 0 fully saturated rings. The van der Waals surface area contributed by atoms with Crippen LogP contribution in [0.15, 0.2) is 84.9 Å². The first-order chi connectivity index (χ1) is 12.7. The first-order valence-electron chi connectivity index (χ1n) is 8.24. The maximum atomic E-state index is 11.9. The molecular weight excluding hydrogens is 326 g/mol. The standard InChI is InChI=1S/C22H19NO3/c24-21-9-5-4-8-20(21)23-22(25)15-12-17-10-13-19(14-11-17)26-16-18-6-2-1-3-7-18/h1-15,24H,16H2,(H,23,25)/b15-12+. The van der Waals surface area contributed by atoms with E-state index in [0.717, 1.165) is 16.9 Å². The van der Waals surface area contributed by atoms with Crippen LogP contribution in [-0.4, -0.2) is 11.0 Å². The molecule has 0 saturated heterocycles. The lowest BCUT2D eigenvalue weighted by molar-refractivity contribution is -0.111. The number of anilines is 1. The fourth-order valence-corrected chi connectivity index (χ4v) is 2.34. The van der Waals surface area contributed by atoms with Gasteiger partial charge in [0, 0.05) is 6.08 Å². The van der Waals surface area contributed by atoms with E-state index in [2.05, 4.69) is 5.32 Å². The molecule has 0 saturated carbocycles. The Hall–Kier alpha value is -3.53. The van der Waals surface area contributed by atoms with Gasteiger partial charge in [-0.3, -0.25) is 4.79 Å². The highest BCUT2D eigenvalue weighted by atomic mass is 16.5. The zero-order valence-corrected chi connectivity index (χ0v) is 14.1. The summed E-state index contributed by atoms with van der Waals surface area (Å²) in [4.78, 5) is 11.9. The number of benzene rings is 3. The van der Waals surface area contributed by atoms with E-state index in [1.807, 2.05) is 54.6 Å². The van der Waals surface area contributed by atoms with Gasteiger partial charge in [-0.2, -0.15) is 0 Å². The van der Waals surface area contributed by atoms with Gasteiger partial charge >= 0.3 is 0 Å². The minimum absolute atomic E-state index is 0.0363. The summed E-state index contributed by atoms with van der Waals surface area (Å²) in [6.07, 6.45) is 3.13. The van der Waals surface area contributed by atoms with E-state index in [1.165, 1.54) is 12.1 Å². The SMILES string of the molecule is O=C(/C=C/c1ccc(OCc2ccccc2)cc1)Nc1ccccc1O. The summed E-state index contributed by atoms with van der Waals surface area (Å²) in [5.41, 5.74) is 2.37. The van der Waals surface area contributed by atoms with Crippen molar-refractivity contribution in [1.29, 1.82) is 0 Å². The Bertz CT molecular complexity index is 887. The number of para-hydroxylation sites is 2. The summed E-state index contributed by atoms with van der Waals surface area (Å²) in [7, 11) is 0. The van der Waals surface area contributed by atoms with Gasteiger partial charge in [-0.05, 0) is 41.5 Å². The number of aromatic hydroxyl groups is 1. The predicted octanol–water partition coefficient (Wildman–Crippen LogP) is 4.62. The third-order valence-electron chi connectivity index (χ3n) is 3.72. The average molecular weight is 345 g/mol. The first kappa shape index (κ1) is 17.3. The lowest BCUT2D eigenvalue weighted by Crippen LogP contribution is -2.07. The number of carbonyl (C=O) groups is 1. The Labute approximate surface area is 152 Å². The number of ether oxygens (including phenoxy) is 1. The van der Waals surface area contributed by atoms with Gasteiger partial charge < -0.3 is 15.2 Å². The van der Waals surface area contributed by atoms with Crippen LogP contribution in [0.25, 0.3) is 6.08 Å². The molecule has 0 atom stereocenters. The van der Waals surface area contributed by atoms with Crippen LogP contribution in [0.1, 0.15) is 11.1 Å². The van der Waals surface area contributed by atoms with E-state index < -0.39 is 0 Å². The lowest BCUT2D eigenvalue weighted by Gasteiger charge is -2.06. The molecule has 4 nitrogen and oxygen atoms in total. The second kappa shape index (κ2) is 8.53. The van der Waals surface area contributed by atoms with Gasteiger partial charge in [-0.1, -0.05) is 54.6 Å². The molecule has 0 radical (unpaired) electrons. The molecule has 130 valence electrons. The molecule has 0 aliphatic rings. The number of amides is 1. The monoisotopic (exact) mass is 345 g/mol. The van der Waals surface area contributed by atoms with Crippen LogP contribution in [0.4, 0.5) is 5.69 Å². The number of phenols is 1. The van der Waals surface area contributed by atoms with Crippen molar-refractivity contribution < 1.29 is 14.6 Å². The fraction of sp³-hybridized carbons (Fsp3) is 0.0455. The number of carbonyl (C=O) groups excluding carboxylic acids is 1. The van der Waals surface area contributed by atoms with Crippen molar-refractivity contribution in [2.75, 3.05) is 5.32 Å². The first-order valence-corrected chi connectivity index (χ1v) is 8.24. The Morgan fingerprint density at radius 3 is 2.35 bits per heavy atom. The Kier molecular flexibility index (Phi) is 5.68.